The molecule has 2 N–H and O–H groups in total. The molecule has 16 aromatic carbocycles. The summed E-state index contributed by atoms with van der Waals surface area (Å²) in [5.74, 6) is 2.03. The van der Waals surface area contributed by atoms with Gasteiger partial charge in [-0.25, -0.2) is 29.9 Å². The summed E-state index contributed by atoms with van der Waals surface area (Å²) in [6, 6.07) is 102. The fraction of sp³-hybridized carbons (Fsp3) is 0.250. The van der Waals surface area contributed by atoms with Gasteiger partial charge in [0.25, 0.3) is 0 Å². The normalized spacial score (nSPS) is 13.4. The third-order valence-corrected chi connectivity index (χ3v) is 30.7. The molecule has 0 spiro atoms. The van der Waals surface area contributed by atoms with E-state index < -0.39 is 0 Å². The fourth-order valence-corrected chi connectivity index (χ4v) is 22.5. The van der Waals surface area contributed by atoms with Gasteiger partial charge >= 0.3 is 0 Å². The Morgan fingerprint density at radius 3 is 0.600 bits per heavy atom. The van der Waals surface area contributed by atoms with Crippen molar-refractivity contribution in [1.29, 1.82) is 0 Å². The zero-order chi connectivity index (χ0) is 97.1. The molecule has 9 heterocycles. The van der Waals surface area contributed by atoms with Gasteiger partial charge in [0.1, 0.15) is 22.6 Å². The van der Waals surface area contributed by atoms with Crippen LogP contribution in [0.15, 0.2) is 267 Å². The summed E-state index contributed by atoms with van der Waals surface area (Å²) in [5, 5.41) is 21.4. The molecule has 23 aromatic rings. The van der Waals surface area contributed by atoms with Crippen molar-refractivity contribution < 1.29 is 0 Å². The molecule has 0 radical (unpaired) electrons. The second-order valence-corrected chi connectivity index (χ2v) is 48.4. The van der Waals surface area contributed by atoms with Crippen molar-refractivity contribution in [3.63, 3.8) is 0 Å². The van der Waals surface area contributed by atoms with E-state index in [1.54, 1.807) is 0 Å². The number of H-pyrrole nitrogens is 2. The van der Waals surface area contributed by atoms with Crippen molar-refractivity contribution in [3.05, 3.63) is 311 Å². The zero-order valence-electron chi connectivity index (χ0n) is 84.9. The number of rotatable bonds is 4. The average molecular weight is 1820 g/mol. The summed E-state index contributed by atoms with van der Waals surface area (Å²) in [6.45, 7) is 55.4. The zero-order valence-corrected chi connectivity index (χ0v) is 84.9. The lowest BCUT2D eigenvalue weighted by Crippen LogP contribution is -2.10. The summed E-state index contributed by atoms with van der Waals surface area (Å²) in [6.07, 6.45) is 0. The molecule has 0 saturated carbocycles. The van der Waals surface area contributed by atoms with E-state index in [-0.39, 0.29) is 43.3 Å². The van der Waals surface area contributed by atoms with Crippen molar-refractivity contribution in [2.75, 3.05) is 0 Å². The van der Waals surface area contributed by atoms with Gasteiger partial charge in [0.05, 0.1) is 44.1 Å². The lowest BCUT2D eigenvalue weighted by molar-refractivity contribution is 0.590. The van der Waals surface area contributed by atoms with E-state index in [1.807, 2.05) is 0 Å². The van der Waals surface area contributed by atoms with Gasteiger partial charge in [0, 0.05) is 110 Å². The minimum absolute atomic E-state index is 0.0790. The Hall–Kier alpha value is -14.9. The van der Waals surface area contributed by atoms with Gasteiger partial charge in [-0.1, -0.05) is 263 Å². The van der Waals surface area contributed by atoms with E-state index in [2.05, 4.69) is 461 Å². The van der Waals surface area contributed by atoms with Crippen molar-refractivity contribution in [3.8, 4) is 68.3 Å². The molecule has 0 fully saturated rings. The van der Waals surface area contributed by atoms with E-state index in [9.17, 15) is 0 Å². The molecule has 25 rings (SSSR count). The molecule has 2 aliphatic rings. The first-order valence-electron chi connectivity index (χ1n) is 49.9. The Labute approximate surface area is 816 Å². The summed E-state index contributed by atoms with van der Waals surface area (Å²) in [4.78, 5) is 44.1. The predicted octanol–water partition coefficient (Wildman–Crippen LogP) is 34.3. The maximum absolute atomic E-state index is 6.05. The molecule has 0 saturated heterocycles. The van der Waals surface area contributed by atoms with E-state index in [4.69, 9.17) is 29.9 Å². The summed E-state index contributed by atoms with van der Waals surface area (Å²) in [7, 11) is 0. The number of benzene rings is 16. The molecular weight excluding hydrogens is 1710 g/mol. The number of hydrogen-bond acceptors (Lipinski definition) is 6. The van der Waals surface area contributed by atoms with Gasteiger partial charge in [-0.05, 0) is 301 Å². The van der Waals surface area contributed by atoms with E-state index in [0.29, 0.717) is 45.9 Å². The van der Waals surface area contributed by atoms with Crippen LogP contribution in [-0.4, -0.2) is 58.1 Å². The highest BCUT2D eigenvalue weighted by molar-refractivity contribution is 6.23. The Balaban J connectivity index is 0.806. The predicted molar refractivity (Wildman–Crippen MR) is 593 cm³/mol. The van der Waals surface area contributed by atoms with Crippen LogP contribution in [0.5, 0.6) is 0 Å². The number of nitrogens with one attached hydrogen (secondary N) is 2. The van der Waals surface area contributed by atoms with Gasteiger partial charge in [0.15, 0.2) is 23.3 Å². The molecule has 0 atom stereocenters. The third kappa shape index (κ3) is 13.5. The highest BCUT2D eigenvalue weighted by atomic mass is 15.1. The maximum atomic E-state index is 6.05. The van der Waals surface area contributed by atoms with Crippen molar-refractivity contribution >= 4 is 174 Å². The SMILES string of the molecule is CC(C)(C)c1ccc2c(c1)c1cc(C(C)(C)C)ccc1n2-c1ccc2ccc3c(c2c1)-c1nc-3nc2[nH]c(nc3nc(nc4[nH]c(n1)c1ccc5ccc(-n6c7ccc(C(C)(C)C)cc7c7cc(C(C)(C)C)ccc76)cc5c41)-c1ccc4ccc(-n5c6ccc(C(C)(C)C)cc6c6cc(C(C)(C)C)ccc65)cc4c1-3)c1ccc3ccc(-n4c5ccc(C(C)(C)C)cc5c5cc(C(C)(C)C)ccc54)cc3c21. The largest absolute Gasteiger partial charge is 0.324 e. The van der Waals surface area contributed by atoms with Crippen LogP contribution in [-0.2, 0) is 43.3 Å². The Bertz CT molecular complexity index is 8800. The minimum Gasteiger partial charge on any atom is -0.324 e. The van der Waals surface area contributed by atoms with Crippen LogP contribution >= 0.6 is 0 Å². The smallest absolute Gasteiger partial charge is 0.165 e. The van der Waals surface area contributed by atoms with Crippen LogP contribution in [0.4, 0.5) is 0 Å². The first kappa shape index (κ1) is 86.7. The lowest BCUT2D eigenvalue weighted by Gasteiger charge is -2.19. The van der Waals surface area contributed by atoms with Crippen molar-refractivity contribution in [2.45, 2.75) is 209 Å². The molecular formula is C128H118N12. The summed E-state index contributed by atoms with van der Waals surface area (Å²) in [5.41, 5.74) is 28.6. The van der Waals surface area contributed by atoms with Crippen LogP contribution in [0.2, 0.25) is 0 Å². The number of fused-ring (bicyclic) bond motifs is 40. The average Bonchev–Trinajstić information content (AvgIpc) is 1.55. The van der Waals surface area contributed by atoms with Crippen LogP contribution in [0.25, 0.3) is 243 Å². The quantitative estimate of drug-likeness (QED) is 0.181. The highest BCUT2D eigenvalue weighted by Crippen LogP contribution is 2.51. The third-order valence-electron chi connectivity index (χ3n) is 30.7. The molecule has 2 aliphatic heterocycles. The van der Waals surface area contributed by atoms with Crippen LogP contribution < -0.4 is 0 Å². The number of hydrogen-bond donors (Lipinski definition) is 2. The Kier molecular flexibility index (Phi) is 18.2. The fourth-order valence-electron chi connectivity index (χ4n) is 22.5. The van der Waals surface area contributed by atoms with E-state index >= 15 is 0 Å². The van der Waals surface area contributed by atoms with Crippen LogP contribution in [0.1, 0.15) is 211 Å². The lowest BCUT2D eigenvalue weighted by atomic mass is 9.85. The Morgan fingerprint density at radius 2 is 0.371 bits per heavy atom. The van der Waals surface area contributed by atoms with Crippen molar-refractivity contribution in [2.24, 2.45) is 0 Å². The van der Waals surface area contributed by atoms with Gasteiger partial charge in [-0.3, -0.25) is 0 Å². The van der Waals surface area contributed by atoms with Gasteiger partial charge in [-0.15, -0.1) is 0 Å². The van der Waals surface area contributed by atoms with E-state index in [1.165, 1.54) is 87.6 Å². The first-order chi connectivity index (χ1) is 66.4. The Morgan fingerprint density at radius 1 is 0.171 bits per heavy atom. The van der Waals surface area contributed by atoms with Gasteiger partial charge < -0.3 is 28.2 Å². The summed E-state index contributed by atoms with van der Waals surface area (Å²) >= 11 is 0. The molecule has 8 bridgehead atoms. The standard InChI is InChI=1S/C128H118N12/c1-121(2,3)73-33-49-101-93(57-73)94-58-74(122(4,5)6)34-50-102(94)137(101)81-41-25-69-29-45-85-109(89(69)65-81)117-129-113(85)134-118-111-87(47-31-71-27-43-83(67-91(71)111)139-105-53-37-77(125(13,14)15)61-97(105)98-62-78(126(16,17)18)38-54-106(98)139)115(131-118)136-120-112-88(48-32-72-28-44-84(68-92(72)112)140-107-55-39-79(127(19,20)21)63-99(107)100-64-80(128(22,23)24)40-56-108(100)140)116(132-120)135-119-110-86(114(130-119)133-117)46-30-70-26-42-82(66-90(70)110)138-103-51-35-75(123(7,8)9)59-95(103)96-60-76(124(10,11)12)36-52-104(96)138/h25-68H,1-24H3,(H2,129,130,131,132,133,134,135,136). The van der Waals surface area contributed by atoms with Gasteiger partial charge in [0.2, 0.25) is 0 Å². The van der Waals surface area contributed by atoms with Crippen molar-refractivity contribution in [1.82, 2.24) is 58.1 Å². The molecule has 690 valence electrons. The van der Waals surface area contributed by atoms with Crippen LogP contribution in [0, 0.1) is 0 Å². The molecule has 0 unspecified atom stereocenters. The molecule has 12 heteroatoms. The molecule has 7 aromatic heterocycles. The first-order valence-corrected chi connectivity index (χ1v) is 49.9. The number of nitrogens with zero attached hydrogens (tertiary/aromatic N) is 10. The minimum atomic E-state index is -0.0793. The maximum Gasteiger partial charge on any atom is 0.165 e. The number of aromatic nitrogens is 12. The van der Waals surface area contributed by atoms with Crippen LogP contribution in [0.3, 0.4) is 0 Å². The second kappa shape index (κ2) is 29.4. The summed E-state index contributed by atoms with van der Waals surface area (Å²) < 4.78 is 9.85. The number of aromatic amines is 2. The molecule has 0 amide bonds. The van der Waals surface area contributed by atoms with Gasteiger partial charge in [-0.2, -0.15) is 0 Å². The highest BCUT2D eigenvalue weighted by Gasteiger charge is 2.33. The second-order valence-electron chi connectivity index (χ2n) is 48.4. The van der Waals surface area contributed by atoms with E-state index in [0.717, 1.165) is 154 Å². The topological polar surface area (TPSA) is 129 Å². The molecule has 0 aliphatic carbocycles. The monoisotopic (exact) mass is 1820 g/mol. The molecule has 12 nitrogen and oxygen atoms in total. The molecule has 140 heavy (non-hydrogen) atoms.